The molecule has 0 radical (unpaired) electrons. The van der Waals surface area contributed by atoms with Crippen molar-refractivity contribution in [3.8, 4) is 0 Å². The van der Waals surface area contributed by atoms with Gasteiger partial charge in [-0.15, -0.1) is 0 Å². The number of carboxylic acids is 1. The van der Waals surface area contributed by atoms with Crippen molar-refractivity contribution in [2.24, 2.45) is 0 Å². The van der Waals surface area contributed by atoms with Gasteiger partial charge in [0.05, 0.1) is 0 Å². The van der Waals surface area contributed by atoms with E-state index in [1.165, 1.54) is 0 Å². The van der Waals surface area contributed by atoms with Crippen molar-refractivity contribution in [1.29, 1.82) is 0 Å². The highest BCUT2D eigenvalue weighted by molar-refractivity contribution is 9.10. The molecule has 1 N–H and O–H groups in total. The van der Waals surface area contributed by atoms with E-state index in [0.717, 1.165) is 16.1 Å². The summed E-state index contributed by atoms with van der Waals surface area (Å²) in [5, 5.41) is 8.34. The van der Waals surface area contributed by atoms with Crippen LogP contribution in [0.5, 0.6) is 0 Å². The van der Waals surface area contributed by atoms with Crippen LogP contribution in [0.2, 0.25) is 0 Å². The third-order valence-corrected chi connectivity index (χ3v) is 2.06. The number of hydrogen-bond acceptors (Lipinski definition) is 1. The standard InChI is InChI=1S/C10H9BrO2/c11-9-6-4-8(5-7-9)2-1-3-10(12)13/h1,3-7H,2H2,(H,12,13)/b3-1+. The maximum atomic E-state index is 10.1. The fraction of sp³-hybridized carbons (Fsp3) is 0.100. The Labute approximate surface area is 85.0 Å². The summed E-state index contributed by atoms with van der Waals surface area (Å²) < 4.78 is 1.03. The SMILES string of the molecule is O=C(O)/C=C/Cc1ccc(Br)cc1. The third-order valence-electron chi connectivity index (χ3n) is 1.53. The number of carbonyl (C=O) groups is 1. The van der Waals surface area contributed by atoms with Gasteiger partial charge in [0.25, 0.3) is 0 Å². The van der Waals surface area contributed by atoms with Gasteiger partial charge in [0, 0.05) is 10.5 Å². The predicted molar refractivity (Wildman–Crippen MR) is 54.6 cm³/mol. The maximum Gasteiger partial charge on any atom is 0.327 e. The summed E-state index contributed by atoms with van der Waals surface area (Å²) in [5.74, 6) is -0.905. The lowest BCUT2D eigenvalue weighted by atomic mass is 10.1. The van der Waals surface area contributed by atoms with Gasteiger partial charge >= 0.3 is 5.97 Å². The van der Waals surface area contributed by atoms with E-state index < -0.39 is 5.97 Å². The first kappa shape index (κ1) is 9.99. The van der Waals surface area contributed by atoms with Crippen LogP contribution in [0.15, 0.2) is 40.9 Å². The molecule has 0 amide bonds. The number of carboxylic acid groups (broad SMARTS) is 1. The van der Waals surface area contributed by atoms with Crippen LogP contribution in [0.4, 0.5) is 0 Å². The first-order chi connectivity index (χ1) is 6.18. The molecule has 0 saturated carbocycles. The lowest BCUT2D eigenvalue weighted by Gasteiger charge is -1.95. The van der Waals surface area contributed by atoms with Gasteiger partial charge in [-0.3, -0.25) is 0 Å². The zero-order chi connectivity index (χ0) is 9.68. The first-order valence-corrected chi connectivity index (χ1v) is 4.61. The van der Waals surface area contributed by atoms with Gasteiger partial charge in [0.1, 0.15) is 0 Å². The average molecular weight is 241 g/mol. The largest absolute Gasteiger partial charge is 0.478 e. The summed E-state index contributed by atoms with van der Waals surface area (Å²) in [6, 6.07) is 7.78. The lowest BCUT2D eigenvalue weighted by molar-refractivity contribution is -0.131. The number of allylic oxidation sites excluding steroid dienone is 1. The summed E-state index contributed by atoms with van der Waals surface area (Å²) in [6.45, 7) is 0. The normalized spacial score (nSPS) is 10.5. The van der Waals surface area contributed by atoms with Crippen molar-refractivity contribution < 1.29 is 9.90 Å². The first-order valence-electron chi connectivity index (χ1n) is 3.82. The molecule has 1 aromatic carbocycles. The fourth-order valence-electron chi connectivity index (χ4n) is 0.916. The monoisotopic (exact) mass is 240 g/mol. The molecular weight excluding hydrogens is 232 g/mol. The van der Waals surface area contributed by atoms with Crippen LogP contribution in [0, 0.1) is 0 Å². The van der Waals surface area contributed by atoms with Crippen molar-refractivity contribution in [3.05, 3.63) is 46.5 Å². The van der Waals surface area contributed by atoms with Crippen LogP contribution in [-0.2, 0) is 11.2 Å². The molecule has 0 fully saturated rings. The lowest BCUT2D eigenvalue weighted by Crippen LogP contribution is -1.87. The van der Waals surface area contributed by atoms with E-state index in [2.05, 4.69) is 15.9 Å². The Bertz CT molecular complexity index is 314. The average Bonchev–Trinajstić information content (AvgIpc) is 2.08. The van der Waals surface area contributed by atoms with Crippen LogP contribution in [0.3, 0.4) is 0 Å². The molecule has 0 atom stereocenters. The number of rotatable bonds is 3. The maximum absolute atomic E-state index is 10.1. The summed E-state index contributed by atoms with van der Waals surface area (Å²) >= 11 is 3.32. The molecule has 1 aromatic rings. The Kier molecular flexibility index (Phi) is 3.71. The Morgan fingerprint density at radius 3 is 2.54 bits per heavy atom. The second-order valence-electron chi connectivity index (χ2n) is 2.57. The van der Waals surface area contributed by atoms with Crippen LogP contribution in [0.25, 0.3) is 0 Å². The molecule has 0 saturated heterocycles. The minimum absolute atomic E-state index is 0.652. The molecular formula is C10H9BrO2. The number of halogens is 1. The van der Waals surface area contributed by atoms with Gasteiger partial charge in [-0.2, -0.15) is 0 Å². The predicted octanol–water partition coefficient (Wildman–Crippen LogP) is 2.63. The van der Waals surface area contributed by atoms with Crippen molar-refractivity contribution in [1.82, 2.24) is 0 Å². The van der Waals surface area contributed by atoms with Crippen LogP contribution in [-0.4, -0.2) is 11.1 Å². The van der Waals surface area contributed by atoms with Crippen LogP contribution in [0.1, 0.15) is 5.56 Å². The summed E-state index contributed by atoms with van der Waals surface area (Å²) in [4.78, 5) is 10.1. The topological polar surface area (TPSA) is 37.3 Å². The number of aliphatic carboxylic acids is 1. The minimum atomic E-state index is -0.905. The molecule has 0 bridgehead atoms. The molecule has 0 aliphatic heterocycles. The van der Waals surface area contributed by atoms with E-state index in [9.17, 15) is 4.79 Å². The van der Waals surface area contributed by atoms with Crippen molar-refractivity contribution in [2.45, 2.75) is 6.42 Å². The summed E-state index contributed by atoms with van der Waals surface area (Å²) in [6.07, 6.45) is 3.44. The zero-order valence-electron chi connectivity index (χ0n) is 6.90. The van der Waals surface area contributed by atoms with Gasteiger partial charge < -0.3 is 5.11 Å². The van der Waals surface area contributed by atoms with E-state index in [0.29, 0.717) is 6.42 Å². The van der Waals surface area contributed by atoms with E-state index in [1.54, 1.807) is 6.08 Å². The molecule has 3 heteroatoms. The Balaban J connectivity index is 2.55. The Hall–Kier alpha value is -1.09. The molecule has 1 rings (SSSR count). The molecule has 0 aliphatic carbocycles. The Morgan fingerprint density at radius 2 is 2.00 bits per heavy atom. The molecule has 0 aromatic heterocycles. The second kappa shape index (κ2) is 4.82. The van der Waals surface area contributed by atoms with Crippen molar-refractivity contribution in [3.63, 3.8) is 0 Å². The van der Waals surface area contributed by atoms with Crippen LogP contribution < -0.4 is 0 Å². The minimum Gasteiger partial charge on any atom is -0.478 e. The number of benzene rings is 1. The molecule has 0 unspecified atom stereocenters. The van der Waals surface area contributed by atoms with E-state index in [-0.39, 0.29) is 0 Å². The Morgan fingerprint density at radius 1 is 1.38 bits per heavy atom. The van der Waals surface area contributed by atoms with Gasteiger partial charge in [0.15, 0.2) is 0 Å². The molecule has 0 heterocycles. The van der Waals surface area contributed by atoms with Crippen LogP contribution >= 0.6 is 15.9 Å². The second-order valence-corrected chi connectivity index (χ2v) is 3.49. The quantitative estimate of drug-likeness (QED) is 0.826. The smallest absolute Gasteiger partial charge is 0.327 e. The molecule has 68 valence electrons. The van der Waals surface area contributed by atoms with Gasteiger partial charge in [-0.25, -0.2) is 4.79 Å². The fourth-order valence-corrected chi connectivity index (χ4v) is 1.18. The summed E-state index contributed by atoms with van der Waals surface area (Å²) in [5.41, 5.74) is 1.10. The highest BCUT2D eigenvalue weighted by atomic mass is 79.9. The highest BCUT2D eigenvalue weighted by Crippen LogP contribution is 2.10. The molecule has 0 spiro atoms. The highest BCUT2D eigenvalue weighted by Gasteiger charge is 1.90. The van der Waals surface area contributed by atoms with Crippen molar-refractivity contribution in [2.75, 3.05) is 0 Å². The van der Waals surface area contributed by atoms with Gasteiger partial charge in [-0.1, -0.05) is 34.1 Å². The van der Waals surface area contributed by atoms with E-state index >= 15 is 0 Å². The zero-order valence-corrected chi connectivity index (χ0v) is 8.49. The molecule has 2 nitrogen and oxygen atoms in total. The van der Waals surface area contributed by atoms with Gasteiger partial charge in [-0.05, 0) is 24.1 Å². The van der Waals surface area contributed by atoms with Crippen molar-refractivity contribution >= 4 is 21.9 Å². The third kappa shape index (κ3) is 3.90. The number of hydrogen-bond donors (Lipinski definition) is 1. The molecule has 0 aliphatic rings. The molecule has 13 heavy (non-hydrogen) atoms. The van der Waals surface area contributed by atoms with E-state index in [1.807, 2.05) is 24.3 Å². The summed E-state index contributed by atoms with van der Waals surface area (Å²) in [7, 11) is 0. The van der Waals surface area contributed by atoms with Gasteiger partial charge in [0.2, 0.25) is 0 Å². The van der Waals surface area contributed by atoms with E-state index in [4.69, 9.17) is 5.11 Å².